The molecule has 33 heavy (non-hydrogen) atoms. The van der Waals surface area contributed by atoms with Crippen molar-refractivity contribution in [2.24, 2.45) is 0 Å². The Morgan fingerprint density at radius 3 is 2.76 bits per heavy atom. The number of hydrogen-bond acceptors (Lipinski definition) is 6. The highest BCUT2D eigenvalue weighted by molar-refractivity contribution is 6.33. The molecule has 3 heterocycles. The number of furan rings is 1. The molecule has 3 N–H and O–H groups in total. The molecule has 0 aliphatic carbocycles. The van der Waals surface area contributed by atoms with Gasteiger partial charge in [0.25, 0.3) is 11.9 Å². The second kappa shape index (κ2) is 9.29. The van der Waals surface area contributed by atoms with Crippen molar-refractivity contribution < 1.29 is 23.1 Å². The second-order valence-corrected chi connectivity index (χ2v) is 7.59. The molecule has 0 spiro atoms. The van der Waals surface area contributed by atoms with E-state index < -0.39 is 18.0 Å². The summed E-state index contributed by atoms with van der Waals surface area (Å²) >= 11 is 6.34. The SMILES string of the molecule is CCC(C)OC(=O)Nc1cnc2nc(-c3cc(NC(=O)c4ccc(F)o4)ccc3Cl)[nH]c2c1. The van der Waals surface area contributed by atoms with E-state index in [1.54, 1.807) is 31.2 Å². The Hall–Kier alpha value is -3.92. The standard InChI is InChI=1S/C22H19ClFN5O4/c1-3-11(2)32-22(31)27-13-9-16-20(25-10-13)29-19(28-16)14-8-12(4-5-15(14)23)26-21(30)17-6-7-18(24)33-17/h4-11H,3H2,1-2H3,(H,26,30)(H,27,31)(H,25,28,29). The van der Waals surface area contributed by atoms with Crippen LogP contribution in [0.1, 0.15) is 30.8 Å². The summed E-state index contributed by atoms with van der Waals surface area (Å²) in [7, 11) is 0. The Kier molecular flexibility index (Phi) is 6.27. The number of ether oxygens (including phenoxy) is 1. The third-order valence-corrected chi connectivity index (χ3v) is 5.07. The molecular formula is C22H19ClFN5O4. The van der Waals surface area contributed by atoms with Crippen LogP contribution >= 0.6 is 11.6 Å². The molecule has 2 amide bonds. The minimum absolute atomic E-state index is 0.163. The van der Waals surface area contributed by atoms with Crippen LogP contribution in [0.5, 0.6) is 0 Å². The Labute approximate surface area is 192 Å². The van der Waals surface area contributed by atoms with E-state index in [0.717, 1.165) is 6.07 Å². The first-order valence-electron chi connectivity index (χ1n) is 10.0. The fraction of sp³-hybridized carbons (Fsp3) is 0.182. The first kappa shape index (κ1) is 22.3. The van der Waals surface area contributed by atoms with Gasteiger partial charge < -0.3 is 19.5 Å². The number of halogens is 2. The lowest BCUT2D eigenvalue weighted by Crippen LogP contribution is -2.19. The largest absolute Gasteiger partial charge is 0.446 e. The lowest BCUT2D eigenvalue weighted by Gasteiger charge is -2.11. The van der Waals surface area contributed by atoms with Gasteiger partial charge in [0, 0.05) is 17.3 Å². The molecule has 4 rings (SSSR count). The van der Waals surface area contributed by atoms with Gasteiger partial charge in [-0.1, -0.05) is 18.5 Å². The van der Waals surface area contributed by atoms with E-state index >= 15 is 0 Å². The Balaban J connectivity index is 1.56. The number of nitrogens with zero attached hydrogens (tertiary/aromatic N) is 2. The highest BCUT2D eigenvalue weighted by Gasteiger charge is 2.15. The van der Waals surface area contributed by atoms with Crippen molar-refractivity contribution in [1.29, 1.82) is 0 Å². The number of benzene rings is 1. The molecule has 0 fully saturated rings. The number of aromatic amines is 1. The van der Waals surface area contributed by atoms with Gasteiger partial charge in [-0.25, -0.2) is 14.8 Å². The van der Waals surface area contributed by atoms with Crippen molar-refractivity contribution in [3.05, 3.63) is 59.4 Å². The Morgan fingerprint density at radius 2 is 2.03 bits per heavy atom. The lowest BCUT2D eigenvalue weighted by molar-refractivity contribution is 0.0988. The maximum atomic E-state index is 13.0. The molecule has 0 saturated carbocycles. The molecule has 3 aromatic heterocycles. The number of anilines is 2. The molecule has 11 heteroatoms. The number of carbonyl (C=O) groups excluding carboxylic acids is 2. The highest BCUT2D eigenvalue weighted by Crippen LogP contribution is 2.30. The van der Waals surface area contributed by atoms with Gasteiger partial charge >= 0.3 is 6.09 Å². The van der Waals surface area contributed by atoms with E-state index in [1.807, 2.05) is 6.92 Å². The fourth-order valence-electron chi connectivity index (χ4n) is 2.92. The number of rotatable bonds is 6. The quantitative estimate of drug-likeness (QED) is 0.336. The summed E-state index contributed by atoms with van der Waals surface area (Å²) < 4.78 is 22.9. The van der Waals surface area contributed by atoms with Gasteiger partial charge in [0.2, 0.25) is 0 Å². The van der Waals surface area contributed by atoms with Crippen molar-refractivity contribution in [2.45, 2.75) is 26.4 Å². The summed E-state index contributed by atoms with van der Waals surface area (Å²) in [6.07, 6.45) is 1.38. The van der Waals surface area contributed by atoms with E-state index in [1.165, 1.54) is 12.3 Å². The van der Waals surface area contributed by atoms with E-state index in [9.17, 15) is 14.0 Å². The summed E-state index contributed by atoms with van der Waals surface area (Å²) in [4.78, 5) is 36.0. The van der Waals surface area contributed by atoms with Gasteiger partial charge in [-0.2, -0.15) is 4.39 Å². The van der Waals surface area contributed by atoms with Crippen molar-refractivity contribution >= 4 is 46.1 Å². The van der Waals surface area contributed by atoms with E-state index in [0.29, 0.717) is 45.4 Å². The molecular weight excluding hydrogens is 453 g/mol. The molecule has 1 atom stereocenters. The van der Waals surface area contributed by atoms with Gasteiger partial charge in [-0.05, 0) is 43.7 Å². The van der Waals surface area contributed by atoms with Crippen LogP contribution in [0.4, 0.5) is 20.6 Å². The molecule has 170 valence electrons. The molecule has 4 aromatic rings. The predicted octanol–water partition coefficient (Wildman–Crippen LogP) is 5.61. The van der Waals surface area contributed by atoms with Crippen LogP contribution in [0.25, 0.3) is 22.6 Å². The van der Waals surface area contributed by atoms with Crippen LogP contribution in [0, 0.1) is 6.01 Å². The highest BCUT2D eigenvalue weighted by atomic mass is 35.5. The van der Waals surface area contributed by atoms with E-state index in [4.69, 9.17) is 20.8 Å². The van der Waals surface area contributed by atoms with Gasteiger partial charge in [0.05, 0.1) is 22.4 Å². The summed E-state index contributed by atoms with van der Waals surface area (Å²) in [6, 6.07) is 7.89. The van der Waals surface area contributed by atoms with E-state index in [2.05, 4.69) is 25.6 Å². The van der Waals surface area contributed by atoms with Crippen LogP contribution < -0.4 is 10.6 Å². The van der Waals surface area contributed by atoms with Gasteiger partial charge in [0.1, 0.15) is 11.9 Å². The average molecular weight is 472 g/mol. The number of pyridine rings is 1. The number of aromatic nitrogens is 3. The number of hydrogen-bond donors (Lipinski definition) is 3. The van der Waals surface area contributed by atoms with Crippen LogP contribution in [0.2, 0.25) is 5.02 Å². The van der Waals surface area contributed by atoms with Crippen molar-refractivity contribution in [1.82, 2.24) is 15.0 Å². The zero-order valence-electron chi connectivity index (χ0n) is 17.6. The second-order valence-electron chi connectivity index (χ2n) is 7.18. The third kappa shape index (κ3) is 5.12. The zero-order valence-corrected chi connectivity index (χ0v) is 18.4. The van der Waals surface area contributed by atoms with Crippen LogP contribution in [-0.4, -0.2) is 33.1 Å². The van der Waals surface area contributed by atoms with Crippen molar-refractivity contribution in [2.75, 3.05) is 10.6 Å². The summed E-state index contributed by atoms with van der Waals surface area (Å²) in [5, 5.41) is 5.63. The third-order valence-electron chi connectivity index (χ3n) is 4.74. The number of carbonyl (C=O) groups is 2. The van der Waals surface area contributed by atoms with Crippen LogP contribution in [0.3, 0.4) is 0 Å². The smallest absolute Gasteiger partial charge is 0.411 e. The lowest BCUT2D eigenvalue weighted by atomic mass is 10.2. The fourth-order valence-corrected chi connectivity index (χ4v) is 3.13. The number of nitrogens with one attached hydrogen (secondary N) is 3. The van der Waals surface area contributed by atoms with Crippen LogP contribution in [0.15, 0.2) is 47.0 Å². The summed E-state index contributed by atoms with van der Waals surface area (Å²) in [6.45, 7) is 3.72. The predicted molar refractivity (Wildman–Crippen MR) is 121 cm³/mol. The van der Waals surface area contributed by atoms with Gasteiger partial charge in [-0.15, -0.1) is 0 Å². The zero-order chi connectivity index (χ0) is 23.5. The van der Waals surface area contributed by atoms with Crippen molar-refractivity contribution in [3.63, 3.8) is 0 Å². The minimum atomic E-state index is -0.853. The van der Waals surface area contributed by atoms with E-state index in [-0.39, 0.29) is 11.9 Å². The molecule has 9 nitrogen and oxygen atoms in total. The summed E-state index contributed by atoms with van der Waals surface area (Å²) in [5.74, 6) is -0.371. The molecule has 0 saturated heterocycles. The van der Waals surface area contributed by atoms with Gasteiger partial charge in [-0.3, -0.25) is 10.1 Å². The first-order chi connectivity index (χ1) is 15.8. The number of amides is 2. The molecule has 0 bridgehead atoms. The summed E-state index contributed by atoms with van der Waals surface area (Å²) in [5.41, 5.74) is 2.30. The molecule has 0 aliphatic heterocycles. The minimum Gasteiger partial charge on any atom is -0.446 e. The van der Waals surface area contributed by atoms with Crippen molar-refractivity contribution in [3.8, 4) is 11.4 Å². The monoisotopic (exact) mass is 471 g/mol. The van der Waals surface area contributed by atoms with Gasteiger partial charge in [0.15, 0.2) is 11.4 Å². The number of H-pyrrole nitrogens is 1. The Morgan fingerprint density at radius 1 is 1.21 bits per heavy atom. The Bertz CT molecular complexity index is 1340. The average Bonchev–Trinajstić information content (AvgIpc) is 3.40. The molecule has 1 unspecified atom stereocenters. The molecule has 0 radical (unpaired) electrons. The molecule has 1 aromatic carbocycles. The topological polar surface area (TPSA) is 122 Å². The molecule has 0 aliphatic rings. The number of fused-ring (bicyclic) bond motifs is 1. The maximum Gasteiger partial charge on any atom is 0.411 e. The first-order valence-corrected chi connectivity index (χ1v) is 10.4. The van der Waals surface area contributed by atoms with Crippen LogP contribution in [-0.2, 0) is 4.74 Å². The number of imidazole rings is 1. The normalized spacial score (nSPS) is 11.9. The maximum absolute atomic E-state index is 13.0.